The van der Waals surface area contributed by atoms with E-state index >= 15 is 0 Å². The molecule has 0 spiro atoms. The lowest BCUT2D eigenvalue weighted by molar-refractivity contribution is -0.113. The Balaban J connectivity index is 1.53. The molecular formula is C18H15BrF2N4O2S. The van der Waals surface area contributed by atoms with Crippen molar-refractivity contribution >= 4 is 39.3 Å². The van der Waals surface area contributed by atoms with Crippen molar-refractivity contribution in [3.8, 4) is 5.75 Å². The third kappa shape index (κ3) is 5.29. The molecule has 0 atom stereocenters. The van der Waals surface area contributed by atoms with Gasteiger partial charge in [-0.05, 0) is 36.4 Å². The minimum Gasteiger partial charge on any atom is -0.486 e. The minimum absolute atomic E-state index is 0.00361. The van der Waals surface area contributed by atoms with Crippen LogP contribution in [0.25, 0.3) is 0 Å². The van der Waals surface area contributed by atoms with Gasteiger partial charge in [0.2, 0.25) is 5.91 Å². The number of aromatic nitrogens is 3. The van der Waals surface area contributed by atoms with E-state index in [2.05, 4.69) is 31.4 Å². The number of thioether (sulfide) groups is 1. The van der Waals surface area contributed by atoms with Crippen LogP contribution in [0.3, 0.4) is 0 Å². The SMILES string of the molecule is Cn1c(COc2ccc(Br)cc2)nnc1SCC(=O)Nc1ccc(F)cc1F. The van der Waals surface area contributed by atoms with Gasteiger partial charge < -0.3 is 14.6 Å². The second-order valence-corrected chi connectivity index (χ2v) is 7.52. The van der Waals surface area contributed by atoms with E-state index in [1.54, 1.807) is 11.6 Å². The predicted octanol–water partition coefficient (Wildman–Crippen LogP) is 4.17. The highest BCUT2D eigenvalue weighted by atomic mass is 79.9. The maximum atomic E-state index is 13.6. The van der Waals surface area contributed by atoms with Gasteiger partial charge >= 0.3 is 0 Å². The van der Waals surface area contributed by atoms with Crippen molar-refractivity contribution in [3.63, 3.8) is 0 Å². The molecule has 0 aliphatic rings. The first-order valence-electron chi connectivity index (χ1n) is 8.06. The number of nitrogens with one attached hydrogen (secondary N) is 1. The fraction of sp³-hybridized carbons (Fsp3) is 0.167. The number of hydrogen-bond donors (Lipinski definition) is 1. The first-order chi connectivity index (χ1) is 13.4. The molecule has 0 saturated heterocycles. The summed E-state index contributed by atoms with van der Waals surface area (Å²) in [5.74, 6) is -0.690. The van der Waals surface area contributed by atoms with Crippen LogP contribution in [0.2, 0.25) is 0 Å². The Hall–Kier alpha value is -2.46. The van der Waals surface area contributed by atoms with Crippen LogP contribution in [0.5, 0.6) is 5.75 Å². The number of halogens is 3. The summed E-state index contributed by atoms with van der Waals surface area (Å²) in [6.07, 6.45) is 0. The van der Waals surface area contributed by atoms with E-state index in [-0.39, 0.29) is 18.0 Å². The van der Waals surface area contributed by atoms with Gasteiger partial charge in [-0.25, -0.2) is 8.78 Å². The summed E-state index contributed by atoms with van der Waals surface area (Å²) in [5, 5.41) is 11.0. The molecule has 0 aliphatic heterocycles. The zero-order valence-electron chi connectivity index (χ0n) is 14.7. The molecule has 146 valence electrons. The lowest BCUT2D eigenvalue weighted by atomic mass is 10.3. The maximum absolute atomic E-state index is 13.6. The van der Waals surface area contributed by atoms with Crippen molar-refractivity contribution in [2.75, 3.05) is 11.1 Å². The van der Waals surface area contributed by atoms with Crippen LogP contribution in [0, 0.1) is 11.6 Å². The van der Waals surface area contributed by atoms with Crippen LogP contribution in [0.1, 0.15) is 5.82 Å². The molecule has 0 saturated carbocycles. The van der Waals surface area contributed by atoms with Crippen molar-refractivity contribution in [2.24, 2.45) is 7.05 Å². The van der Waals surface area contributed by atoms with Crippen molar-refractivity contribution in [3.05, 3.63) is 64.4 Å². The van der Waals surface area contributed by atoms with Gasteiger partial charge in [-0.2, -0.15) is 0 Å². The van der Waals surface area contributed by atoms with E-state index < -0.39 is 17.5 Å². The Labute approximate surface area is 172 Å². The molecule has 0 unspecified atom stereocenters. The Morgan fingerprint density at radius 3 is 2.68 bits per heavy atom. The number of amides is 1. The average Bonchev–Trinajstić information content (AvgIpc) is 3.02. The summed E-state index contributed by atoms with van der Waals surface area (Å²) < 4.78 is 34.8. The lowest BCUT2D eigenvalue weighted by Gasteiger charge is -2.07. The van der Waals surface area contributed by atoms with E-state index in [9.17, 15) is 13.6 Å². The second kappa shape index (κ2) is 9.16. The Morgan fingerprint density at radius 2 is 1.96 bits per heavy atom. The summed E-state index contributed by atoms with van der Waals surface area (Å²) in [7, 11) is 1.76. The molecule has 1 N–H and O–H groups in total. The topological polar surface area (TPSA) is 69.0 Å². The highest BCUT2D eigenvalue weighted by Gasteiger charge is 2.13. The number of rotatable bonds is 7. The smallest absolute Gasteiger partial charge is 0.234 e. The molecule has 1 amide bonds. The third-order valence-corrected chi connectivity index (χ3v) is 5.19. The summed E-state index contributed by atoms with van der Waals surface area (Å²) in [6, 6.07) is 10.4. The van der Waals surface area contributed by atoms with Crippen molar-refractivity contribution in [1.29, 1.82) is 0 Å². The molecule has 1 heterocycles. The van der Waals surface area contributed by atoms with Gasteiger partial charge in [-0.3, -0.25) is 4.79 Å². The van der Waals surface area contributed by atoms with Crippen LogP contribution in [-0.2, 0) is 18.4 Å². The molecule has 1 aromatic heterocycles. The normalized spacial score (nSPS) is 10.7. The van der Waals surface area contributed by atoms with Crippen LogP contribution >= 0.6 is 27.7 Å². The molecule has 0 radical (unpaired) electrons. The monoisotopic (exact) mass is 468 g/mol. The zero-order valence-corrected chi connectivity index (χ0v) is 17.1. The molecule has 0 fully saturated rings. The summed E-state index contributed by atoms with van der Waals surface area (Å²) in [6.45, 7) is 0.221. The van der Waals surface area contributed by atoms with Crippen LogP contribution in [0.4, 0.5) is 14.5 Å². The molecule has 3 aromatic rings. The number of carbonyl (C=O) groups excluding carboxylic acids is 1. The Bertz CT molecular complexity index is 982. The highest BCUT2D eigenvalue weighted by molar-refractivity contribution is 9.10. The maximum Gasteiger partial charge on any atom is 0.234 e. The predicted molar refractivity (Wildman–Crippen MR) is 105 cm³/mol. The number of carbonyl (C=O) groups is 1. The first kappa shape index (κ1) is 20.3. The van der Waals surface area contributed by atoms with Crippen LogP contribution in [-0.4, -0.2) is 26.4 Å². The molecule has 0 aliphatic carbocycles. The van der Waals surface area contributed by atoms with E-state index in [1.165, 1.54) is 6.07 Å². The summed E-state index contributed by atoms with van der Waals surface area (Å²) >= 11 is 4.51. The first-order valence-corrected chi connectivity index (χ1v) is 9.84. The van der Waals surface area contributed by atoms with Gasteiger partial charge in [0.05, 0.1) is 11.4 Å². The van der Waals surface area contributed by atoms with Crippen LogP contribution < -0.4 is 10.1 Å². The molecule has 3 rings (SSSR count). The van der Waals surface area contributed by atoms with Crippen molar-refractivity contribution < 1.29 is 18.3 Å². The molecule has 0 bridgehead atoms. The van der Waals surface area contributed by atoms with Gasteiger partial charge in [0.1, 0.15) is 24.0 Å². The number of anilines is 1. The summed E-state index contributed by atoms with van der Waals surface area (Å²) in [5.41, 5.74) is -0.0754. The second-order valence-electron chi connectivity index (χ2n) is 5.66. The van der Waals surface area contributed by atoms with Gasteiger partial charge in [0, 0.05) is 17.6 Å². The number of hydrogen-bond acceptors (Lipinski definition) is 5. The number of ether oxygens (including phenoxy) is 1. The van der Waals surface area contributed by atoms with Crippen LogP contribution in [0.15, 0.2) is 52.1 Å². The van der Waals surface area contributed by atoms with Gasteiger partial charge in [-0.15, -0.1) is 10.2 Å². The summed E-state index contributed by atoms with van der Waals surface area (Å²) in [4.78, 5) is 12.0. The van der Waals surface area contributed by atoms with Gasteiger partial charge in [0.15, 0.2) is 11.0 Å². The van der Waals surface area contributed by atoms with E-state index in [1.807, 2.05) is 24.3 Å². The average molecular weight is 469 g/mol. The molecule has 10 heteroatoms. The van der Waals surface area contributed by atoms with E-state index in [0.29, 0.717) is 22.8 Å². The highest BCUT2D eigenvalue weighted by Crippen LogP contribution is 2.20. The molecule has 28 heavy (non-hydrogen) atoms. The molecule has 6 nitrogen and oxygen atoms in total. The minimum atomic E-state index is -0.829. The van der Waals surface area contributed by atoms with E-state index in [4.69, 9.17) is 4.74 Å². The fourth-order valence-corrected chi connectivity index (χ4v) is 3.18. The lowest BCUT2D eigenvalue weighted by Crippen LogP contribution is -2.15. The third-order valence-electron chi connectivity index (χ3n) is 3.64. The Morgan fingerprint density at radius 1 is 1.21 bits per heavy atom. The van der Waals surface area contributed by atoms with Gasteiger partial charge in [-0.1, -0.05) is 27.7 Å². The largest absolute Gasteiger partial charge is 0.486 e. The zero-order chi connectivity index (χ0) is 20.1. The number of benzene rings is 2. The molecular weight excluding hydrogens is 454 g/mol. The van der Waals surface area contributed by atoms with E-state index in [0.717, 1.165) is 22.3 Å². The molecule has 2 aromatic carbocycles. The number of nitrogens with zero attached hydrogens (tertiary/aromatic N) is 3. The fourth-order valence-electron chi connectivity index (χ4n) is 2.18. The standard InChI is InChI=1S/C18H15BrF2N4O2S/c1-25-16(9-27-13-5-2-11(19)3-6-13)23-24-18(25)28-10-17(26)22-15-7-4-12(20)8-14(15)21/h2-8H,9-10H2,1H3,(H,22,26). The van der Waals surface area contributed by atoms with Crippen molar-refractivity contribution in [1.82, 2.24) is 14.8 Å². The quantitative estimate of drug-likeness (QED) is 0.527. The van der Waals surface area contributed by atoms with Crippen molar-refractivity contribution in [2.45, 2.75) is 11.8 Å². The van der Waals surface area contributed by atoms with Gasteiger partial charge in [0.25, 0.3) is 0 Å². The Kier molecular flexibility index (Phi) is 6.63.